The van der Waals surface area contributed by atoms with E-state index in [2.05, 4.69) is 4.74 Å². The van der Waals surface area contributed by atoms with Gasteiger partial charge in [0, 0.05) is 0 Å². The fourth-order valence-corrected chi connectivity index (χ4v) is 0.833. The molecule has 2 N–H and O–H groups in total. The largest absolute Gasteiger partial charge is 0.515 e. The number of hydrogen-bond acceptors (Lipinski definition) is 4. The van der Waals surface area contributed by atoms with Crippen LogP contribution in [0.15, 0.2) is 11.8 Å². The molecule has 82 valence electrons. The lowest BCUT2D eigenvalue weighted by molar-refractivity contribution is -0.143. The summed E-state index contributed by atoms with van der Waals surface area (Å²) >= 11 is 5.40. The number of ether oxygens (including phenoxy) is 1. The smallest absolute Gasteiger partial charge is 0.337 e. The molecular formula is C9H15ClO4. The van der Waals surface area contributed by atoms with E-state index in [1.54, 1.807) is 0 Å². The second-order valence-electron chi connectivity index (χ2n) is 3.12. The summed E-state index contributed by atoms with van der Waals surface area (Å²) in [5.41, 5.74) is 0.174. The first-order valence-electron chi connectivity index (χ1n) is 4.32. The summed E-state index contributed by atoms with van der Waals surface area (Å²) in [6.45, 7) is 2.87. The van der Waals surface area contributed by atoms with Gasteiger partial charge in [-0.2, -0.15) is 0 Å². The van der Waals surface area contributed by atoms with Crippen molar-refractivity contribution in [2.75, 3.05) is 6.61 Å². The van der Waals surface area contributed by atoms with Gasteiger partial charge in [-0.05, 0) is 13.3 Å². The maximum Gasteiger partial charge on any atom is 0.337 e. The van der Waals surface area contributed by atoms with Crippen LogP contribution in [0.25, 0.3) is 0 Å². The molecule has 1 unspecified atom stereocenters. The molecule has 0 aliphatic carbocycles. The highest BCUT2D eigenvalue weighted by atomic mass is 35.5. The standard InChI is InChI=1S/C9H15ClO4/c1-3-4-7(5-11)8(12)14-6-9(2,10)13/h5,11,13H,3-4,6H2,1-2H3. The van der Waals surface area contributed by atoms with Gasteiger partial charge in [-0.25, -0.2) is 4.79 Å². The fourth-order valence-electron chi connectivity index (χ4n) is 0.779. The Balaban J connectivity index is 4.07. The van der Waals surface area contributed by atoms with Gasteiger partial charge in [0.1, 0.15) is 6.61 Å². The van der Waals surface area contributed by atoms with Crippen LogP contribution in [0.3, 0.4) is 0 Å². The average molecular weight is 223 g/mol. The van der Waals surface area contributed by atoms with Crippen molar-refractivity contribution >= 4 is 17.6 Å². The summed E-state index contributed by atoms with van der Waals surface area (Å²) in [7, 11) is 0. The Morgan fingerprint density at radius 1 is 1.64 bits per heavy atom. The van der Waals surface area contributed by atoms with E-state index in [9.17, 15) is 4.79 Å². The molecule has 14 heavy (non-hydrogen) atoms. The van der Waals surface area contributed by atoms with E-state index < -0.39 is 11.0 Å². The van der Waals surface area contributed by atoms with Gasteiger partial charge in [-0.3, -0.25) is 0 Å². The molecule has 0 aromatic heterocycles. The van der Waals surface area contributed by atoms with E-state index in [-0.39, 0.29) is 12.2 Å². The Kier molecular flexibility index (Phi) is 5.57. The quantitative estimate of drug-likeness (QED) is 0.322. The Bertz CT molecular complexity index is 217. The third kappa shape index (κ3) is 5.83. The molecular weight excluding hydrogens is 208 g/mol. The number of esters is 1. The first-order chi connectivity index (χ1) is 6.40. The maximum atomic E-state index is 11.2. The van der Waals surface area contributed by atoms with Gasteiger partial charge in [-0.15, -0.1) is 0 Å². The van der Waals surface area contributed by atoms with E-state index in [0.29, 0.717) is 6.42 Å². The molecule has 1 atom stereocenters. The van der Waals surface area contributed by atoms with Crippen LogP contribution in [-0.2, 0) is 9.53 Å². The third-order valence-corrected chi connectivity index (χ3v) is 1.51. The SMILES string of the molecule is CCCC(=CO)C(=O)OCC(C)(O)Cl. The molecule has 0 saturated heterocycles. The molecule has 0 rings (SSSR count). The predicted octanol–water partition coefficient (Wildman–Crippen LogP) is 1.72. The molecule has 0 aliphatic heterocycles. The predicted molar refractivity (Wildman–Crippen MR) is 53.1 cm³/mol. The van der Waals surface area contributed by atoms with Crippen LogP contribution in [-0.4, -0.2) is 27.8 Å². The average Bonchev–Trinajstić information content (AvgIpc) is 2.09. The van der Waals surface area contributed by atoms with Crippen molar-refractivity contribution in [3.8, 4) is 0 Å². The Hall–Kier alpha value is -0.740. The number of halogens is 1. The molecule has 0 bridgehead atoms. The normalized spacial score (nSPS) is 16.1. The van der Waals surface area contributed by atoms with Crippen LogP contribution in [0.5, 0.6) is 0 Å². The van der Waals surface area contributed by atoms with Gasteiger partial charge in [0.15, 0.2) is 5.06 Å². The zero-order valence-electron chi connectivity index (χ0n) is 8.29. The molecule has 0 aliphatic rings. The number of rotatable bonds is 5. The highest BCUT2D eigenvalue weighted by Crippen LogP contribution is 2.12. The minimum Gasteiger partial charge on any atom is -0.515 e. The zero-order chi connectivity index (χ0) is 11.2. The van der Waals surface area contributed by atoms with Crippen molar-refractivity contribution in [1.29, 1.82) is 0 Å². The minimum absolute atomic E-state index is 0.174. The second kappa shape index (κ2) is 5.88. The van der Waals surface area contributed by atoms with Crippen molar-refractivity contribution in [2.24, 2.45) is 0 Å². The van der Waals surface area contributed by atoms with Crippen molar-refractivity contribution in [1.82, 2.24) is 0 Å². The Labute approximate surface area is 88.1 Å². The van der Waals surface area contributed by atoms with Gasteiger partial charge in [0.25, 0.3) is 0 Å². The van der Waals surface area contributed by atoms with Crippen LogP contribution < -0.4 is 0 Å². The van der Waals surface area contributed by atoms with E-state index >= 15 is 0 Å². The summed E-state index contributed by atoms with van der Waals surface area (Å²) in [5.74, 6) is -0.657. The molecule has 0 saturated carbocycles. The zero-order valence-corrected chi connectivity index (χ0v) is 9.04. The van der Waals surface area contributed by atoms with Crippen LogP contribution in [0.2, 0.25) is 0 Å². The van der Waals surface area contributed by atoms with E-state index in [1.807, 2.05) is 6.92 Å². The van der Waals surface area contributed by atoms with E-state index in [1.165, 1.54) is 6.92 Å². The molecule has 0 amide bonds. The van der Waals surface area contributed by atoms with E-state index in [0.717, 1.165) is 12.7 Å². The van der Waals surface area contributed by atoms with Gasteiger partial charge >= 0.3 is 5.97 Å². The lowest BCUT2D eigenvalue weighted by Crippen LogP contribution is -2.25. The van der Waals surface area contributed by atoms with Crippen LogP contribution in [0.4, 0.5) is 0 Å². The van der Waals surface area contributed by atoms with Crippen LogP contribution in [0.1, 0.15) is 26.7 Å². The number of hydrogen-bond donors (Lipinski definition) is 2. The molecule has 0 fully saturated rings. The molecule has 5 heteroatoms. The molecule has 0 aromatic rings. The number of alkyl halides is 1. The van der Waals surface area contributed by atoms with Crippen molar-refractivity contribution in [3.05, 3.63) is 11.8 Å². The fraction of sp³-hybridized carbons (Fsp3) is 0.667. The summed E-state index contributed by atoms with van der Waals surface area (Å²) in [5, 5.41) is 16.2. The third-order valence-electron chi connectivity index (χ3n) is 1.40. The first kappa shape index (κ1) is 13.3. The maximum absolute atomic E-state index is 11.2. The molecule has 0 heterocycles. The van der Waals surface area contributed by atoms with Crippen molar-refractivity contribution < 1.29 is 19.7 Å². The lowest BCUT2D eigenvalue weighted by Gasteiger charge is -2.14. The van der Waals surface area contributed by atoms with Gasteiger partial charge in [0.05, 0.1) is 11.8 Å². The molecule has 0 aromatic carbocycles. The molecule has 0 spiro atoms. The second-order valence-corrected chi connectivity index (χ2v) is 3.94. The molecule has 0 radical (unpaired) electrons. The first-order valence-corrected chi connectivity index (χ1v) is 4.70. The monoisotopic (exact) mass is 222 g/mol. The van der Waals surface area contributed by atoms with Gasteiger partial charge in [-0.1, -0.05) is 24.9 Å². The van der Waals surface area contributed by atoms with Crippen molar-refractivity contribution in [3.63, 3.8) is 0 Å². The Morgan fingerprint density at radius 3 is 2.57 bits per heavy atom. The van der Waals surface area contributed by atoms with Gasteiger partial charge < -0.3 is 14.9 Å². The summed E-state index contributed by atoms with van der Waals surface area (Å²) < 4.78 is 4.66. The Morgan fingerprint density at radius 2 is 2.21 bits per heavy atom. The van der Waals surface area contributed by atoms with Gasteiger partial charge in [0.2, 0.25) is 0 Å². The van der Waals surface area contributed by atoms with Crippen LogP contribution >= 0.6 is 11.6 Å². The number of aliphatic hydroxyl groups excluding tert-OH is 1. The molecule has 4 nitrogen and oxygen atoms in total. The number of carbonyl (C=O) groups is 1. The number of aliphatic hydroxyl groups is 2. The van der Waals surface area contributed by atoms with Crippen molar-refractivity contribution in [2.45, 2.75) is 31.7 Å². The highest BCUT2D eigenvalue weighted by Gasteiger charge is 2.20. The van der Waals surface area contributed by atoms with Crippen LogP contribution in [0, 0.1) is 0 Å². The lowest BCUT2D eigenvalue weighted by atomic mass is 10.2. The summed E-state index contributed by atoms with van der Waals surface area (Å²) in [6, 6.07) is 0. The highest BCUT2D eigenvalue weighted by molar-refractivity contribution is 6.22. The minimum atomic E-state index is -1.57. The van der Waals surface area contributed by atoms with E-state index in [4.69, 9.17) is 21.8 Å². The topological polar surface area (TPSA) is 66.8 Å². The summed E-state index contributed by atoms with van der Waals surface area (Å²) in [4.78, 5) is 11.2. The number of carbonyl (C=O) groups excluding carboxylic acids is 1. The summed E-state index contributed by atoms with van der Waals surface area (Å²) in [6.07, 6.45) is 1.87.